The van der Waals surface area contributed by atoms with Crippen molar-refractivity contribution in [2.75, 3.05) is 37.6 Å². The topological polar surface area (TPSA) is 85.8 Å². The largest absolute Gasteiger partial charge is 0.493 e. The molecule has 1 aromatic heterocycles. The SMILES string of the molecule is CCC.COc1ccc(C(C)Nc2nccc(N3CCOC3=O)n2)cc1OC. The molecule has 1 fully saturated rings. The number of ether oxygens (including phenoxy) is 3. The molecule has 0 saturated carbocycles. The molecular formula is C20H28N4O4. The molecule has 152 valence electrons. The Morgan fingerprint density at radius 1 is 1.21 bits per heavy atom. The Hall–Kier alpha value is -3.03. The van der Waals surface area contributed by atoms with Crippen LogP contribution in [0.2, 0.25) is 0 Å². The van der Waals surface area contributed by atoms with Gasteiger partial charge in [-0.05, 0) is 30.7 Å². The summed E-state index contributed by atoms with van der Waals surface area (Å²) in [6, 6.07) is 7.31. The Morgan fingerprint density at radius 3 is 2.54 bits per heavy atom. The Kier molecular flexibility index (Phi) is 7.86. The first-order valence-corrected chi connectivity index (χ1v) is 9.29. The van der Waals surface area contributed by atoms with Gasteiger partial charge in [0.25, 0.3) is 0 Å². The van der Waals surface area contributed by atoms with Gasteiger partial charge in [-0.2, -0.15) is 4.98 Å². The van der Waals surface area contributed by atoms with Gasteiger partial charge in [-0.25, -0.2) is 9.78 Å². The summed E-state index contributed by atoms with van der Waals surface area (Å²) >= 11 is 0. The third-order valence-electron chi connectivity index (χ3n) is 3.93. The van der Waals surface area contributed by atoms with Gasteiger partial charge >= 0.3 is 6.09 Å². The van der Waals surface area contributed by atoms with Gasteiger partial charge in [0.2, 0.25) is 5.95 Å². The molecule has 8 nitrogen and oxygen atoms in total. The van der Waals surface area contributed by atoms with Crippen molar-refractivity contribution < 1.29 is 19.0 Å². The fourth-order valence-electron chi connectivity index (χ4n) is 2.57. The second-order valence-corrected chi connectivity index (χ2v) is 6.19. The van der Waals surface area contributed by atoms with Gasteiger partial charge in [0.15, 0.2) is 11.5 Å². The summed E-state index contributed by atoms with van der Waals surface area (Å²) in [6.45, 7) is 7.09. The minimum atomic E-state index is -0.391. The van der Waals surface area contributed by atoms with E-state index in [1.165, 1.54) is 11.3 Å². The molecule has 1 aliphatic heterocycles. The molecule has 0 radical (unpaired) electrons. The lowest BCUT2D eigenvalue weighted by Gasteiger charge is -2.17. The Labute approximate surface area is 165 Å². The molecule has 1 N–H and O–H groups in total. The van der Waals surface area contributed by atoms with Crippen molar-refractivity contribution in [3.63, 3.8) is 0 Å². The van der Waals surface area contributed by atoms with Crippen molar-refractivity contribution in [3.8, 4) is 11.5 Å². The molecule has 0 aliphatic carbocycles. The summed E-state index contributed by atoms with van der Waals surface area (Å²) in [6.07, 6.45) is 2.47. The quantitative estimate of drug-likeness (QED) is 0.799. The van der Waals surface area contributed by atoms with Gasteiger partial charge in [-0.1, -0.05) is 26.3 Å². The van der Waals surface area contributed by atoms with E-state index in [-0.39, 0.29) is 6.04 Å². The van der Waals surface area contributed by atoms with Gasteiger partial charge in [0.1, 0.15) is 12.4 Å². The van der Waals surface area contributed by atoms with Crippen molar-refractivity contribution in [3.05, 3.63) is 36.0 Å². The number of hydrogen-bond donors (Lipinski definition) is 1. The smallest absolute Gasteiger partial charge is 0.415 e. The van der Waals surface area contributed by atoms with Crippen LogP contribution in [0, 0.1) is 0 Å². The molecule has 0 spiro atoms. The first kappa shape index (κ1) is 21.3. The number of methoxy groups -OCH3 is 2. The normalized spacial score (nSPS) is 13.9. The van der Waals surface area contributed by atoms with Crippen LogP contribution in [0.1, 0.15) is 38.8 Å². The lowest BCUT2D eigenvalue weighted by molar-refractivity contribution is 0.181. The van der Waals surface area contributed by atoms with E-state index in [1.807, 2.05) is 25.1 Å². The van der Waals surface area contributed by atoms with Crippen LogP contribution < -0.4 is 19.7 Å². The zero-order valence-corrected chi connectivity index (χ0v) is 17.1. The lowest BCUT2D eigenvalue weighted by atomic mass is 10.1. The van der Waals surface area contributed by atoms with E-state index in [1.54, 1.807) is 26.5 Å². The van der Waals surface area contributed by atoms with Gasteiger partial charge in [0.05, 0.1) is 26.8 Å². The van der Waals surface area contributed by atoms with Crippen molar-refractivity contribution in [2.45, 2.75) is 33.2 Å². The van der Waals surface area contributed by atoms with Gasteiger partial charge in [-0.3, -0.25) is 4.90 Å². The zero-order valence-electron chi connectivity index (χ0n) is 17.1. The zero-order chi connectivity index (χ0) is 20.5. The minimum absolute atomic E-state index is 0.0689. The summed E-state index contributed by atoms with van der Waals surface area (Å²) in [5.74, 6) is 2.27. The first-order valence-electron chi connectivity index (χ1n) is 9.29. The van der Waals surface area contributed by atoms with Crippen LogP contribution in [-0.4, -0.2) is 43.4 Å². The monoisotopic (exact) mass is 388 g/mol. The van der Waals surface area contributed by atoms with Crippen LogP contribution >= 0.6 is 0 Å². The summed E-state index contributed by atoms with van der Waals surface area (Å²) in [7, 11) is 3.20. The fourth-order valence-corrected chi connectivity index (χ4v) is 2.57. The highest BCUT2D eigenvalue weighted by molar-refractivity contribution is 5.88. The summed E-state index contributed by atoms with van der Waals surface area (Å²) in [5.41, 5.74) is 0.993. The highest BCUT2D eigenvalue weighted by Crippen LogP contribution is 2.30. The number of carbonyl (C=O) groups is 1. The lowest BCUT2D eigenvalue weighted by Crippen LogP contribution is -2.25. The third kappa shape index (κ3) is 5.25. The number of cyclic esters (lactones) is 1. The van der Waals surface area contributed by atoms with Crippen LogP contribution in [0.4, 0.5) is 16.6 Å². The molecule has 1 atom stereocenters. The molecule has 1 aliphatic rings. The number of rotatable bonds is 6. The third-order valence-corrected chi connectivity index (χ3v) is 3.93. The summed E-state index contributed by atoms with van der Waals surface area (Å²) < 4.78 is 15.5. The average Bonchev–Trinajstić information content (AvgIpc) is 3.14. The molecular weight excluding hydrogens is 360 g/mol. The predicted molar refractivity (Wildman–Crippen MR) is 108 cm³/mol. The highest BCUT2D eigenvalue weighted by atomic mass is 16.6. The van der Waals surface area contributed by atoms with Crippen molar-refractivity contribution >= 4 is 17.9 Å². The fraction of sp³-hybridized carbons (Fsp3) is 0.450. The van der Waals surface area contributed by atoms with Crippen LogP contribution in [0.5, 0.6) is 11.5 Å². The number of amides is 1. The summed E-state index contributed by atoms with van der Waals surface area (Å²) in [4.78, 5) is 21.8. The van der Waals surface area contributed by atoms with Crippen molar-refractivity contribution in [1.82, 2.24) is 9.97 Å². The maximum absolute atomic E-state index is 11.7. The van der Waals surface area contributed by atoms with E-state index >= 15 is 0 Å². The standard InChI is InChI=1S/C17H20N4O4.C3H8/c1-11(12-4-5-13(23-2)14(10-12)24-3)19-16-18-7-6-15(20-16)21-8-9-25-17(21)22;1-3-2/h4-7,10-11H,8-9H2,1-3H3,(H,18,19,20);3H2,1-2H3. The molecule has 3 rings (SSSR count). The Balaban J connectivity index is 0.000000878. The highest BCUT2D eigenvalue weighted by Gasteiger charge is 2.25. The molecule has 8 heteroatoms. The van der Waals surface area contributed by atoms with Gasteiger partial charge < -0.3 is 19.5 Å². The second kappa shape index (κ2) is 10.3. The van der Waals surface area contributed by atoms with Crippen molar-refractivity contribution in [1.29, 1.82) is 0 Å². The van der Waals surface area contributed by atoms with E-state index in [0.717, 1.165) is 5.56 Å². The van der Waals surface area contributed by atoms with Gasteiger partial charge in [-0.15, -0.1) is 0 Å². The van der Waals surface area contributed by atoms with Gasteiger partial charge in [0, 0.05) is 6.20 Å². The second-order valence-electron chi connectivity index (χ2n) is 6.19. The van der Waals surface area contributed by atoms with E-state index in [9.17, 15) is 4.79 Å². The van der Waals surface area contributed by atoms with E-state index in [2.05, 4.69) is 29.1 Å². The molecule has 28 heavy (non-hydrogen) atoms. The van der Waals surface area contributed by atoms with Crippen molar-refractivity contribution in [2.24, 2.45) is 0 Å². The maximum Gasteiger partial charge on any atom is 0.415 e. The van der Waals surface area contributed by atoms with Crippen LogP contribution in [0.3, 0.4) is 0 Å². The molecule has 1 amide bonds. The number of nitrogens with one attached hydrogen (secondary N) is 1. The van der Waals surface area contributed by atoms with E-state index < -0.39 is 6.09 Å². The Morgan fingerprint density at radius 2 is 1.93 bits per heavy atom. The predicted octanol–water partition coefficient (Wildman–Crippen LogP) is 4.04. The number of carbonyl (C=O) groups excluding carboxylic acids is 1. The number of nitrogens with zero attached hydrogens (tertiary/aromatic N) is 3. The molecule has 2 aromatic rings. The molecule has 1 unspecified atom stereocenters. The number of benzene rings is 1. The molecule has 0 bridgehead atoms. The number of hydrogen-bond acceptors (Lipinski definition) is 7. The Bertz CT molecular complexity index is 785. The number of anilines is 2. The van der Waals surface area contributed by atoms with Crippen LogP contribution in [0.15, 0.2) is 30.5 Å². The van der Waals surface area contributed by atoms with E-state index in [4.69, 9.17) is 14.2 Å². The molecule has 1 saturated heterocycles. The average molecular weight is 388 g/mol. The minimum Gasteiger partial charge on any atom is -0.493 e. The first-order chi connectivity index (χ1) is 13.5. The molecule has 1 aromatic carbocycles. The van der Waals surface area contributed by atoms with Crippen LogP contribution in [0.25, 0.3) is 0 Å². The number of aromatic nitrogens is 2. The van der Waals surface area contributed by atoms with Crippen LogP contribution in [-0.2, 0) is 4.74 Å². The maximum atomic E-state index is 11.7. The van der Waals surface area contributed by atoms with E-state index in [0.29, 0.717) is 36.4 Å². The molecule has 2 heterocycles. The summed E-state index contributed by atoms with van der Waals surface area (Å²) in [5, 5.41) is 3.23.